The lowest BCUT2D eigenvalue weighted by Gasteiger charge is -2.48. The molecule has 0 aliphatic carbocycles. The number of nitrogens with one attached hydrogen (secondary N) is 1. The van der Waals surface area contributed by atoms with Gasteiger partial charge < -0.3 is 20.5 Å². The first-order chi connectivity index (χ1) is 12.0. The zero-order chi connectivity index (χ0) is 18.3. The van der Waals surface area contributed by atoms with Gasteiger partial charge in [-0.2, -0.15) is 10.5 Å². The average molecular weight is 337 g/mol. The third kappa shape index (κ3) is 1.82. The minimum absolute atomic E-state index is 0.00496. The van der Waals surface area contributed by atoms with E-state index in [1.165, 1.54) is 14.2 Å². The Bertz CT molecular complexity index is 831. The van der Waals surface area contributed by atoms with E-state index in [4.69, 9.17) is 15.2 Å². The third-order valence-electron chi connectivity index (χ3n) is 5.07. The molecule has 0 unspecified atom stereocenters. The number of ether oxygens (including phenoxy) is 2. The van der Waals surface area contributed by atoms with Crippen LogP contribution in [0.25, 0.3) is 0 Å². The van der Waals surface area contributed by atoms with Crippen LogP contribution in [-0.2, 0) is 9.47 Å². The molecule has 0 saturated carbocycles. The molecule has 7 nitrogen and oxygen atoms in total. The largest absolute Gasteiger partial charge is 0.386 e. The lowest BCUT2D eigenvalue weighted by Crippen LogP contribution is -2.61. The number of hydrogen-bond acceptors (Lipinski definition) is 7. The predicted octanol–water partition coefficient (Wildman–Crippen LogP) is 1.57. The molecule has 2 aliphatic rings. The molecule has 0 amide bonds. The summed E-state index contributed by atoms with van der Waals surface area (Å²) < 4.78 is 11.0. The van der Waals surface area contributed by atoms with Gasteiger partial charge in [0.2, 0.25) is 0 Å². The van der Waals surface area contributed by atoms with Crippen molar-refractivity contribution in [3.05, 3.63) is 47.7 Å². The lowest BCUT2D eigenvalue weighted by molar-refractivity contribution is -0.250. The van der Waals surface area contributed by atoms with Crippen LogP contribution < -0.4 is 11.1 Å². The van der Waals surface area contributed by atoms with E-state index in [1.54, 1.807) is 6.08 Å². The minimum atomic E-state index is -1.70. The van der Waals surface area contributed by atoms with Crippen LogP contribution in [0, 0.1) is 33.5 Å². The highest BCUT2D eigenvalue weighted by atomic mass is 16.7. The Labute approximate surface area is 146 Å². The van der Waals surface area contributed by atoms with Crippen molar-refractivity contribution < 1.29 is 9.47 Å². The number of allylic oxidation sites excluding steroid dienone is 1. The first kappa shape index (κ1) is 17.0. The van der Waals surface area contributed by atoms with Crippen molar-refractivity contribution in [3.8, 4) is 12.1 Å². The number of hydrogen-bond donors (Lipinski definition) is 2. The smallest absolute Gasteiger partial charge is 0.296 e. The number of nitrogens with two attached hydrogens (primary N) is 1. The fourth-order valence-corrected chi connectivity index (χ4v) is 3.95. The maximum Gasteiger partial charge on any atom is 0.296 e. The SMILES string of the molecule is COC1(OC)N=C(N)[C@@]2(C#N)[C@H](c3ccccc3)NC(C)=C[C@]12C#N. The Morgan fingerprint density at radius 2 is 1.80 bits per heavy atom. The number of aliphatic imine (C=N–C) groups is 1. The molecule has 0 bridgehead atoms. The topological polar surface area (TPSA) is 116 Å². The van der Waals surface area contributed by atoms with Crippen LogP contribution in [0.15, 0.2) is 47.1 Å². The summed E-state index contributed by atoms with van der Waals surface area (Å²) >= 11 is 0. The summed E-state index contributed by atoms with van der Waals surface area (Å²) in [5.41, 5.74) is 4.74. The summed E-state index contributed by atoms with van der Waals surface area (Å²) in [7, 11) is 2.77. The number of methoxy groups -OCH3 is 2. The Morgan fingerprint density at radius 3 is 2.32 bits per heavy atom. The maximum atomic E-state index is 10.2. The van der Waals surface area contributed by atoms with Crippen molar-refractivity contribution in [1.82, 2.24) is 5.32 Å². The van der Waals surface area contributed by atoms with E-state index in [-0.39, 0.29) is 5.84 Å². The number of nitriles is 2. The molecule has 0 spiro atoms. The highest BCUT2D eigenvalue weighted by molar-refractivity contribution is 5.95. The molecule has 1 aromatic rings. The second-order valence-corrected chi connectivity index (χ2v) is 6.14. The fourth-order valence-electron chi connectivity index (χ4n) is 3.95. The second-order valence-electron chi connectivity index (χ2n) is 6.14. The van der Waals surface area contributed by atoms with Gasteiger partial charge in [0.1, 0.15) is 5.84 Å². The standard InChI is InChI=1S/C18H19N5O2/c1-12-9-16(10-19)17(11-20,15(21)23-18(16,24-2)25-3)14(22-12)13-7-5-4-6-8-13/h4-9,14,22H,1-3H3,(H2,21,23)/t14-,16+,17+/m0/s1. The molecule has 25 heavy (non-hydrogen) atoms. The maximum absolute atomic E-state index is 10.2. The molecular weight excluding hydrogens is 318 g/mol. The summed E-state index contributed by atoms with van der Waals surface area (Å²) in [5.74, 6) is -1.69. The van der Waals surface area contributed by atoms with Gasteiger partial charge in [-0.1, -0.05) is 30.3 Å². The van der Waals surface area contributed by atoms with Crippen molar-refractivity contribution in [3.63, 3.8) is 0 Å². The van der Waals surface area contributed by atoms with Crippen LogP contribution in [0.4, 0.5) is 0 Å². The third-order valence-corrected chi connectivity index (χ3v) is 5.07. The monoisotopic (exact) mass is 337 g/mol. The molecule has 2 aliphatic heterocycles. The van der Waals surface area contributed by atoms with E-state index < -0.39 is 22.8 Å². The Morgan fingerprint density at radius 1 is 1.16 bits per heavy atom. The Hall–Kier alpha value is -2.87. The quantitative estimate of drug-likeness (QED) is 0.809. The van der Waals surface area contributed by atoms with Crippen LogP contribution in [0.2, 0.25) is 0 Å². The highest BCUT2D eigenvalue weighted by Gasteiger charge is 2.76. The number of nitrogens with zero attached hydrogens (tertiary/aromatic N) is 3. The summed E-state index contributed by atoms with van der Waals surface area (Å²) in [6.45, 7) is 1.82. The lowest BCUT2D eigenvalue weighted by atomic mass is 9.57. The van der Waals surface area contributed by atoms with E-state index in [0.717, 1.165) is 5.56 Å². The van der Waals surface area contributed by atoms with Gasteiger partial charge in [-0.05, 0) is 18.6 Å². The van der Waals surface area contributed by atoms with Gasteiger partial charge >= 0.3 is 0 Å². The van der Waals surface area contributed by atoms with Gasteiger partial charge in [-0.3, -0.25) is 0 Å². The van der Waals surface area contributed by atoms with Crippen molar-refractivity contribution in [2.24, 2.45) is 21.6 Å². The summed E-state index contributed by atoms with van der Waals surface area (Å²) in [6, 6.07) is 13.3. The first-order valence-corrected chi connectivity index (χ1v) is 7.76. The van der Waals surface area contributed by atoms with Gasteiger partial charge in [-0.25, -0.2) is 4.99 Å². The van der Waals surface area contributed by atoms with E-state index >= 15 is 0 Å². The van der Waals surface area contributed by atoms with Crippen LogP contribution >= 0.6 is 0 Å². The predicted molar refractivity (Wildman–Crippen MR) is 90.5 cm³/mol. The van der Waals surface area contributed by atoms with E-state index in [9.17, 15) is 10.5 Å². The fraction of sp³-hybridized carbons (Fsp3) is 0.389. The molecule has 128 valence electrons. The van der Waals surface area contributed by atoms with Crippen molar-refractivity contribution in [1.29, 1.82) is 10.5 Å². The molecule has 1 aromatic carbocycles. The molecular formula is C18H19N5O2. The number of fused-ring (bicyclic) bond motifs is 1. The molecule has 0 radical (unpaired) electrons. The average Bonchev–Trinajstić information content (AvgIpc) is 2.87. The molecule has 3 N–H and O–H groups in total. The molecule has 3 rings (SSSR count). The Kier molecular flexibility index (Phi) is 3.80. The molecule has 0 saturated heterocycles. The van der Waals surface area contributed by atoms with Crippen LogP contribution in [0.3, 0.4) is 0 Å². The Balaban J connectivity index is 2.38. The highest BCUT2D eigenvalue weighted by Crippen LogP contribution is 2.62. The molecule has 3 atom stereocenters. The molecule has 0 fully saturated rings. The summed E-state index contributed by atoms with van der Waals surface area (Å²) in [4.78, 5) is 4.32. The van der Waals surface area contributed by atoms with E-state index in [2.05, 4.69) is 22.4 Å². The van der Waals surface area contributed by atoms with E-state index in [0.29, 0.717) is 5.70 Å². The van der Waals surface area contributed by atoms with Crippen molar-refractivity contribution in [2.45, 2.75) is 18.9 Å². The number of benzene rings is 1. The van der Waals surface area contributed by atoms with Crippen LogP contribution in [0.1, 0.15) is 18.5 Å². The molecule has 0 aromatic heterocycles. The molecule has 7 heteroatoms. The number of rotatable bonds is 3. The minimum Gasteiger partial charge on any atom is -0.386 e. The first-order valence-electron chi connectivity index (χ1n) is 7.76. The number of amidine groups is 1. The zero-order valence-corrected chi connectivity index (χ0v) is 14.3. The summed E-state index contributed by atoms with van der Waals surface area (Å²) in [6.07, 6.45) is 1.63. The van der Waals surface area contributed by atoms with Crippen molar-refractivity contribution in [2.75, 3.05) is 14.2 Å². The second kappa shape index (κ2) is 5.59. The van der Waals surface area contributed by atoms with Gasteiger partial charge in [0, 0.05) is 19.9 Å². The molecule has 2 heterocycles. The van der Waals surface area contributed by atoms with Gasteiger partial charge in [-0.15, -0.1) is 0 Å². The van der Waals surface area contributed by atoms with Crippen LogP contribution in [-0.4, -0.2) is 26.0 Å². The van der Waals surface area contributed by atoms with Gasteiger partial charge in [0.15, 0.2) is 10.8 Å². The van der Waals surface area contributed by atoms with Crippen LogP contribution in [0.5, 0.6) is 0 Å². The summed E-state index contributed by atoms with van der Waals surface area (Å²) in [5, 5.41) is 23.7. The normalized spacial score (nSPS) is 32.4. The van der Waals surface area contributed by atoms with E-state index in [1.807, 2.05) is 37.3 Å². The van der Waals surface area contributed by atoms with Gasteiger partial charge in [0.25, 0.3) is 5.91 Å². The van der Waals surface area contributed by atoms with Gasteiger partial charge in [0.05, 0.1) is 18.2 Å². The zero-order valence-electron chi connectivity index (χ0n) is 14.3. The van der Waals surface area contributed by atoms with Crippen molar-refractivity contribution >= 4 is 5.84 Å².